The average molecular weight is 435 g/mol. The Balaban J connectivity index is 1.24. The van der Waals surface area contributed by atoms with Gasteiger partial charge in [0.15, 0.2) is 5.69 Å². The summed E-state index contributed by atoms with van der Waals surface area (Å²) in [5.41, 5.74) is 2.04. The fourth-order valence-electron chi connectivity index (χ4n) is 4.11. The number of hydrogen-bond donors (Lipinski definition) is 0. The van der Waals surface area contributed by atoms with E-state index < -0.39 is 5.82 Å². The number of piperazine rings is 1. The van der Waals surface area contributed by atoms with Gasteiger partial charge in [-0.3, -0.25) is 9.59 Å². The van der Waals surface area contributed by atoms with Crippen molar-refractivity contribution in [2.45, 2.75) is 19.3 Å². The maximum atomic E-state index is 13.9. The number of amides is 2. The molecule has 1 unspecified atom stereocenters. The lowest BCUT2D eigenvalue weighted by Gasteiger charge is -2.34. The molecule has 3 heterocycles. The summed E-state index contributed by atoms with van der Waals surface area (Å²) in [4.78, 5) is 28.9. The largest absolute Gasteiger partial charge is 0.365 e. The van der Waals surface area contributed by atoms with Crippen LogP contribution in [0.25, 0.3) is 0 Å². The molecule has 1 atom stereocenters. The normalized spacial score (nSPS) is 18.3. The second kappa shape index (κ2) is 8.51. The van der Waals surface area contributed by atoms with E-state index in [0.717, 1.165) is 5.56 Å². The smallest absolute Gasteiger partial charge is 0.276 e. The van der Waals surface area contributed by atoms with Crippen LogP contribution in [-0.4, -0.2) is 62.8 Å². The van der Waals surface area contributed by atoms with Crippen LogP contribution in [0, 0.1) is 5.82 Å². The molecule has 8 nitrogen and oxygen atoms in total. The first-order valence-corrected chi connectivity index (χ1v) is 10.5. The van der Waals surface area contributed by atoms with Gasteiger partial charge in [-0.2, -0.15) is 0 Å². The molecule has 2 aliphatic rings. The third-order valence-electron chi connectivity index (χ3n) is 5.93. The summed E-state index contributed by atoms with van der Waals surface area (Å²) < 4.78 is 21.6. The van der Waals surface area contributed by atoms with Crippen molar-refractivity contribution in [3.05, 3.63) is 82.9 Å². The Kier molecular flexibility index (Phi) is 5.40. The highest BCUT2D eigenvalue weighted by Crippen LogP contribution is 2.27. The van der Waals surface area contributed by atoms with Crippen LogP contribution in [0.3, 0.4) is 0 Å². The van der Waals surface area contributed by atoms with Gasteiger partial charge in [-0.05, 0) is 17.7 Å². The first kappa shape index (κ1) is 20.3. The minimum absolute atomic E-state index is 0.0461. The molecule has 2 amide bonds. The topological polar surface area (TPSA) is 80.6 Å². The predicted octanol–water partition coefficient (Wildman–Crippen LogP) is 2.29. The second-order valence-corrected chi connectivity index (χ2v) is 7.84. The van der Waals surface area contributed by atoms with E-state index in [1.807, 2.05) is 30.3 Å². The minimum atomic E-state index is -0.541. The summed E-state index contributed by atoms with van der Waals surface area (Å²) in [7, 11) is 0. The van der Waals surface area contributed by atoms with Gasteiger partial charge >= 0.3 is 0 Å². The molecule has 0 radical (unpaired) electrons. The number of carbonyl (C=O) groups excluding carboxylic acids is 2. The summed E-state index contributed by atoms with van der Waals surface area (Å²) in [6.45, 7) is 2.09. The van der Waals surface area contributed by atoms with Crippen LogP contribution in [0.2, 0.25) is 0 Å². The van der Waals surface area contributed by atoms with E-state index in [1.54, 1.807) is 26.6 Å². The summed E-state index contributed by atoms with van der Waals surface area (Å²) in [6, 6.07) is 15.8. The zero-order valence-electron chi connectivity index (χ0n) is 17.4. The van der Waals surface area contributed by atoms with E-state index >= 15 is 0 Å². The molecule has 9 heteroatoms. The van der Waals surface area contributed by atoms with Crippen LogP contribution in [0.15, 0.2) is 54.6 Å². The Bertz CT molecular complexity index is 1140. The molecule has 2 aliphatic heterocycles. The maximum absolute atomic E-state index is 13.9. The number of hydrogen-bond acceptors (Lipinski definition) is 5. The monoisotopic (exact) mass is 435 g/mol. The molecule has 164 valence electrons. The number of rotatable bonds is 3. The van der Waals surface area contributed by atoms with Crippen LogP contribution >= 0.6 is 0 Å². The molecule has 5 rings (SSSR count). The van der Waals surface area contributed by atoms with Crippen LogP contribution in [0.1, 0.15) is 38.2 Å². The molecule has 0 spiro atoms. The highest BCUT2D eigenvalue weighted by Gasteiger charge is 2.32. The molecular weight excluding hydrogens is 413 g/mol. The molecule has 3 aromatic rings. The molecule has 1 fully saturated rings. The van der Waals surface area contributed by atoms with E-state index in [9.17, 15) is 14.0 Å². The summed E-state index contributed by atoms with van der Waals surface area (Å²) in [5, 5.41) is 8.30. The Hall–Kier alpha value is -3.59. The van der Waals surface area contributed by atoms with Gasteiger partial charge in [-0.1, -0.05) is 47.7 Å². The van der Waals surface area contributed by atoms with Crippen LogP contribution in [-0.2, 0) is 17.9 Å². The van der Waals surface area contributed by atoms with Crippen LogP contribution < -0.4 is 0 Å². The van der Waals surface area contributed by atoms with Crippen molar-refractivity contribution in [2.75, 3.05) is 26.2 Å². The van der Waals surface area contributed by atoms with Crippen molar-refractivity contribution in [3.8, 4) is 0 Å². The third-order valence-corrected chi connectivity index (χ3v) is 5.93. The fraction of sp³-hybridized carbons (Fsp3) is 0.304. The van der Waals surface area contributed by atoms with Crippen LogP contribution in [0.5, 0.6) is 0 Å². The number of carbonyl (C=O) groups is 2. The Labute approximate surface area is 184 Å². The Morgan fingerprint density at radius 2 is 1.56 bits per heavy atom. The first-order valence-electron chi connectivity index (χ1n) is 10.5. The Morgan fingerprint density at radius 3 is 2.28 bits per heavy atom. The van der Waals surface area contributed by atoms with Crippen LogP contribution in [0.4, 0.5) is 4.39 Å². The quantitative estimate of drug-likeness (QED) is 0.631. The molecule has 2 aromatic carbocycles. The molecular formula is C23H22FN5O3. The lowest BCUT2D eigenvalue weighted by atomic mass is 10.1. The highest BCUT2D eigenvalue weighted by molar-refractivity contribution is 5.95. The second-order valence-electron chi connectivity index (χ2n) is 7.84. The van der Waals surface area contributed by atoms with Gasteiger partial charge in [0.1, 0.15) is 11.9 Å². The van der Waals surface area contributed by atoms with Crippen molar-refractivity contribution < 1.29 is 18.7 Å². The molecule has 32 heavy (non-hydrogen) atoms. The number of halogens is 1. The molecule has 0 N–H and O–H groups in total. The third kappa shape index (κ3) is 3.75. The lowest BCUT2D eigenvalue weighted by molar-refractivity contribution is -0.00202. The zero-order valence-corrected chi connectivity index (χ0v) is 17.4. The first-order chi connectivity index (χ1) is 15.6. The van der Waals surface area contributed by atoms with Crippen molar-refractivity contribution >= 4 is 11.8 Å². The van der Waals surface area contributed by atoms with E-state index in [2.05, 4.69) is 10.3 Å². The highest BCUT2D eigenvalue weighted by atomic mass is 19.1. The van der Waals surface area contributed by atoms with Gasteiger partial charge in [-0.15, -0.1) is 5.10 Å². The van der Waals surface area contributed by atoms with Crippen molar-refractivity contribution in [3.63, 3.8) is 0 Å². The molecule has 0 bridgehead atoms. The summed E-state index contributed by atoms with van der Waals surface area (Å²) in [5.74, 6) is -1.14. The van der Waals surface area contributed by atoms with E-state index in [-0.39, 0.29) is 35.8 Å². The summed E-state index contributed by atoms with van der Waals surface area (Å²) >= 11 is 0. The number of benzene rings is 2. The SMILES string of the molecule is O=C(c1ccccc1F)N1CCN(C(=O)c2nnn3c2COC(c2ccccc2)C3)CC1. The van der Waals surface area contributed by atoms with Gasteiger partial charge in [0, 0.05) is 26.2 Å². The standard InChI is InChI=1S/C23H22FN5O3/c24-18-9-5-4-8-17(18)22(30)27-10-12-28(13-11-27)23(31)21-19-15-32-20(14-29(19)26-25-21)16-6-2-1-3-7-16/h1-9,20H,10-15H2. The maximum Gasteiger partial charge on any atom is 0.276 e. The van der Waals surface area contributed by atoms with Gasteiger partial charge < -0.3 is 14.5 Å². The average Bonchev–Trinajstić information content (AvgIpc) is 3.27. The lowest BCUT2D eigenvalue weighted by Crippen LogP contribution is -2.51. The number of aromatic nitrogens is 3. The minimum Gasteiger partial charge on any atom is -0.365 e. The number of ether oxygens (including phenoxy) is 1. The predicted molar refractivity (Wildman–Crippen MR) is 112 cm³/mol. The van der Waals surface area contributed by atoms with Gasteiger partial charge in [0.05, 0.1) is 24.4 Å². The van der Waals surface area contributed by atoms with Gasteiger partial charge in [0.25, 0.3) is 11.8 Å². The van der Waals surface area contributed by atoms with Gasteiger partial charge in [0.2, 0.25) is 0 Å². The molecule has 1 aromatic heterocycles. The molecule has 1 saturated heterocycles. The molecule has 0 aliphatic carbocycles. The van der Waals surface area contributed by atoms with E-state index in [0.29, 0.717) is 38.4 Å². The Morgan fingerprint density at radius 1 is 0.906 bits per heavy atom. The van der Waals surface area contributed by atoms with Crippen molar-refractivity contribution in [1.29, 1.82) is 0 Å². The van der Waals surface area contributed by atoms with Gasteiger partial charge in [-0.25, -0.2) is 9.07 Å². The zero-order chi connectivity index (χ0) is 22.1. The van der Waals surface area contributed by atoms with E-state index in [4.69, 9.17) is 4.74 Å². The number of fused-ring (bicyclic) bond motifs is 1. The fourth-order valence-corrected chi connectivity index (χ4v) is 4.11. The van der Waals surface area contributed by atoms with Crippen molar-refractivity contribution in [1.82, 2.24) is 24.8 Å². The summed E-state index contributed by atoms with van der Waals surface area (Å²) in [6.07, 6.45) is -0.138. The van der Waals surface area contributed by atoms with E-state index in [1.165, 1.54) is 12.1 Å². The number of nitrogens with zero attached hydrogens (tertiary/aromatic N) is 5. The van der Waals surface area contributed by atoms with Crippen molar-refractivity contribution in [2.24, 2.45) is 0 Å². The molecule has 0 saturated carbocycles.